The molecule has 0 atom stereocenters. The number of aryl methyl sites for hydroxylation is 1. The van der Waals surface area contributed by atoms with Gasteiger partial charge < -0.3 is 19.4 Å². The van der Waals surface area contributed by atoms with Crippen molar-refractivity contribution in [1.82, 2.24) is 4.98 Å². The molecule has 0 spiro atoms. The number of aliphatic hydroxyl groups is 1. The average molecular weight is 249 g/mol. The Hall–Kier alpha value is -2.01. The van der Waals surface area contributed by atoms with Crippen LogP contribution in [0.25, 0.3) is 0 Å². The highest BCUT2D eigenvalue weighted by molar-refractivity contribution is 5.30. The number of ether oxygens (including phenoxy) is 1. The first-order valence-corrected chi connectivity index (χ1v) is 5.67. The van der Waals surface area contributed by atoms with Gasteiger partial charge in [-0.25, -0.2) is 4.98 Å². The predicted octanol–water partition coefficient (Wildman–Crippen LogP) is 1.80. The number of nitrogens with zero attached hydrogens (tertiary/aromatic N) is 1. The fraction of sp³-hybridized carbons (Fsp3) is 0.308. The van der Waals surface area contributed by atoms with Crippen LogP contribution in [0.2, 0.25) is 0 Å². The number of aromatic hydroxyl groups is 1. The van der Waals surface area contributed by atoms with Crippen molar-refractivity contribution in [3.05, 3.63) is 41.6 Å². The topological polar surface area (TPSA) is 75.7 Å². The van der Waals surface area contributed by atoms with Crippen LogP contribution < -0.4 is 4.74 Å². The molecule has 0 radical (unpaired) electrons. The normalized spacial score (nSPS) is 10.6. The summed E-state index contributed by atoms with van der Waals surface area (Å²) in [6.45, 7) is 2.07. The van der Waals surface area contributed by atoms with Crippen LogP contribution in [0, 0.1) is 6.92 Å². The van der Waals surface area contributed by atoms with Crippen molar-refractivity contribution in [3.63, 3.8) is 0 Å². The summed E-state index contributed by atoms with van der Waals surface area (Å²) >= 11 is 0. The summed E-state index contributed by atoms with van der Waals surface area (Å²) in [6.07, 6.45) is 0.481. The van der Waals surface area contributed by atoms with E-state index in [2.05, 4.69) is 4.98 Å². The Morgan fingerprint density at radius 3 is 2.67 bits per heavy atom. The zero-order valence-electron chi connectivity index (χ0n) is 10.1. The van der Waals surface area contributed by atoms with E-state index in [0.717, 1.165) is 5.69 Å². The lowest BCUT2D eigenvalue weighted by Gasteiger charge is -2.02. The van der Waals surface area contributed by atoms with E-state index in [0.29, 0.717) is 23.8 Å². The lowest BCUT2D eigenvalue weighted by Crippen LogP contribution is -1.97. The average Bonchev–Trinajstić information content (AvgIpc) is 2.70. The summed E-state index contributed by atoms with van der Waals surface area (Å²) in [7, 11) is 0. The zero-order chi connectivity index (χ0) is 13.0. The largest absolute Gasteiger partial charge is 0.508 e. The van der Waals surface area contributed by atoms with Gasteiger partial charge in [-0.2, -0.15) is 0 Å². The summed E-state index contributed by atoms with van der Waals surface area (Å²) < 4.78 is 10.9. The van der Waals surface area contributed by atoms with Crippen LogP contribution in [-0.2, 0) is 13.0 Å². The molecule has 2 N–H and O–H groups in total. The second-order valence-electron chi connectivity index (χ2n) is 3.87. The lowest BCUT2D eigenvalue weighted by atomic mass is 10.3. The van der Waals surface area contributed by atoms with E-state index >= 15 is 0 Å². The minimum absolute atomic E-state index is 0.0473. The van der Waals surface area contributed by atoms with Crippen LogP contribution in [0.3, 0.4) is 0 Å². The van der Waals surface area contributed by atoms with Gasteiger partial charge in [-0.15, -0.1) is 0 Å². The van der Waals surface area contributed by atoms with E-state index in [1.165, 1.54) is 0 Å². The highest BCUT2D eigenvalue weighted by Gasteiger charge is 2.09. The number of aromatic nitrogens is 1. The smallest absolute Gasteiger partial charge is 0.232 e. The molecule has 2 rings (SSSR count). The predicted molar refractivity (Wildman–Crippen MR) is 64.5 cm³/mol. The summed E-state index contributed by atoms with van der Waals surface area (Å²) in [5.41, 5.74) is 0.752. The molecule has 5 heteroatoms. The number of oxazole rings is 1. The summed E-state index contributed by atoms with van der Waals surface area (Å²) in [5.74, 6) is 2.00. The van der Waals surface area contributed by atoms with Gasteiger partial charge in [0.05, 0.1) is 5.69 Å². The quantitative estimate of drug-likeness (QED) is 0.845. The number of rotatable bonds is 5. The van der Waals surface area contributed by atoms with Gasteiger partial charge in [-0.3, -0.25) is 0 Å². The molecule has 0 aliphatic heterocycles. The fourth-order valence-corrected chi connectivity index (χ4v) is 1.57. The first-order valence-electron chi connectivity index (χ1n) is 5.67. The molecule has 0 fully saturated rings. The highest BCUT2D eigenvalue weighted by Crippen LogP contribution is 2.18. The fourth-order valence-electron chi connectivity index (χ4n) is 1.57. The molecule has 1 heterocycles. The minimum atomic E-state index is 0.0473. The van der Waals surface area contributed by atoms with Crippen LogP contribution in [0.5, 0.6) is 11.5 Å². The van der Waals surface area contributed by atoms with E-state index < -0.39 is 0 Å². The molecule has 0 saturated heterocycles. The van der Waals surface area contributed by atoms with Crippen LogP contribution in [0.15, 0.2) is 28.7 Å². The van der Waals surface area contributed by atoms with Crippen molar-refractivity contribution in [2.24, 2.45) is 0 Å². The van der Waals surface area contributed by atoms with Gasteiger partial charge in [0.1, 0.15) is 17.3 Å². The Bertz CT molecular complexity index is 504. The second-order valence-corrected chi connectivity index (χ2v) is 3.87. The van der Waals surface area contributed by atoms with E-state index in [4.69, 9.17) is 19.4 Å². The molecule has 1 aromatic heterocycles. The van der Waals surface area contributed by atoms with Gasteiger partial charge >= 0.3 is 0 Å². The number of aliphatic hydroxyl groups excluding tert-OH is 1. The van der Waals surface area contributed by atoms with Gasteiger partial charge in [0.25, 0.3) is 0 Å². The first kappa shape index (κ1) is 12.4. The Kier molecular flexibility index (Phi) is 3.84. The van der Waals surface area contributed by atoms with Crippen molar-refractivity contribution in [1.29, 1.82) is 0 Å². The molecule has 0 bridgehead atoms. The SMILES string of the molecule is Cc1oc(COc2ccc(O)cc2)nc1CCO. The zero-order valence-corrected chi connectivity index (χ0v) is 10.1. The van der Waals surface area contributed by atoms with Gasteiger partial charge in [-0.1, -0.05) is 0 Å². The molecule has 5 nitrogen and oxygen atoms in total. The lowest BCUT2D eigenvalue weighted by molar-refractivity contribution is 0.260. The number of hydrogen-bond acceptors (Lipinski definition) is 5. The summed E-state index contributed by atoms with van der Waals surface area (Å²) in [4.78, 5) is 4.23. The standard InChI is InChI=1S/C13H15NO4/c1-9-12(6-7-15)14-13(18-9)8-17-11-4-2-10(16)3-5-11/h2-5,15-16H,6-8H2,1H3. The Balaban J connectivity index is 1.97. The maximum absolute atomic E-state index is 9.13. The van der Waals surface area contributed by atoms with E-state index in [1.54, 1.807) is 24.3 Å². The molecule has 0 aliphatic rings. The van der Waals surface area contributed by atoms with E-state index in [1.807, 2.05) is 6.92 Å². The number of phenolic OH excluding ortho intramolecular Hbond substituents is 1. The second kappa shape index (κ2) is 5.55. The van der Waals surface area contributed by atoms with E-state index in [-0.39, 0.29) is 19.0 Å². The summed E-state index contributed by atoms with van der Waals surface area (Å²) in [5, 5.41) is 18.0. The van der Waals surface area contributed by atoms with Crippen LogP contribution in [0.4, 0.5) is 0 Å². The molecule has 0 unspecified atom stereocenters. The number of benzene rings is 1. The molecule has 1 aromatic carbocycles. The van der Waals surface area contributed by atoms with Crippen LogP contribution in [0.1, 0.15) is 17.3 Å². The van der Waals surface area contributed by atoms with Gasteiger partial charge in [-0.05, 0) is 31.2 Å². The Morgan fingerprint density at radius 1 is 1.28 bits per heavy atom. The third-order valence-electron chi connectivity index (χ3n) is 2.48. The molecular formula is C13H15NO4. The molecule has 0 aliphatic carbocycles. The van der Waals surface area contributed by atoms with Gasteiger partial charge in [0, 0.05) is 13.0 Å². The van der Waals surface area contributed by atoms with Crippen molar-refractivity contribution in [3.8, 4) is 11.5 Å². The minimum Gasteiger partial charge on any atom is -0.508 e. The van der Waals surface area contributed by atoms with Crippen molar-refractivity contribution >= 4 is 0 Å². The third-order valence-corrected chi connectivity index (χ3v) is 2.48. The van der Waals surface area contributed by atoms with Crippen molar-refractivity contribution in [2.75, 3.05) is 6.61 Å². The van der Waals surface area contributed by atoms with Gasteiger partial charge in [0.15, 0.2) is 6.61 Å². The molecule has 96 valence electrons. The maximum Gasteiger partial charge on any atom is 0.232 e. The highest BCUT2D eigenvalue weighted by atomic mass is 16.5. The Morgan fingerprint density at radius 2 is 2.00 bits per heavy atom. The first-order chi connectivity index (χ1) is 8.69. The maximum atomic E-state index is 9.13. The van der Waals surface area contributed by atoms with Crippen molar-refractivity contribution < 1.29 is 19.4 Å². The summed E-state index contributed by atoms with van der Waals surface area (Å²) in [6, 6.07) is 6.43. The Labute approximate surface area is 105 Å². The molecule has 2 aromatic rings. The third kappa shape index (κ3) is 3.01. The number of phenols is 1. The van der Waals surface area contributed by atoms with E-state index in [9.17, 15) is 0 Å². The van der Waals surface area contributed by atoms with Crippen molar-refractivity contribution in [2.45, 2.75) is 20.0 Å². The molecule has 0 saturated carbocycles. The monoisotopic (exact) mass is 249 g/mol. The number of hydrogen-bond donors (Lipinski definition) is 2. The van der Waals surface area contributed by atoms with Crippen LogP contribution in [-0.4, -0.2) is 21.8 Å². The van der Waals surface area contributed by atoms with Gasteiger partial charge in [0.2, 0.25) is 5.89 Å². The molecule has 18 heavy (non-hydrogen) atoms. The molecular weight excluding hydrogens is 234 g/mol. The molecule has 0 amide bonds. The van der Waals surface area contributed by atoms with Crippen LogP contribution >= 0.6 is 0 Å².